The summed E-state index contributed by atoms with van der Waals surface area (Å²) in [6.07, 6.45) is 11.1. The second-order valence-corrected chi connectivity index (χ2v) is 9.17. The van der Waals surface area contributed by atoms with Crippen LogP contribution in [0.4, 0.5) is 0 Å². The van der Waals surface area contributed by atoms with Gasteiger partial charge in [0.2, 0.25) is 0 Å². The van der Waals surface area contributed by atoms with Gasteiger partial charge in [-0.2, -0.15) is 0 Å². The van der Waals surface area contributed by atoms with E-state index in [-0.39, 0.29) is 36.6 Å². The van der Waals surface area contributed by atoms with E-state index in [1.165, 1.54) is 6.42 Å². The molecular formula is C25H44O5. The van der Waals surface area contributed by atoms with E-state index in [0.717, 1.165) is 31.3 Å². The molecular weight excluding hydrogens is 380 g/mol. The average Bonchev–Trinajstić information content (AvgIpc) is 2.72. The Hall–Kier alpha value is -0.720. The van der Waals surface area contributed by atoms with Gasteiger partial charge >= 0.3 is 0 Å². The molecule has 1 heterocycles. The molecule has 1 aliphatic heterocycles. The molecule has 2 aliphatic rings. The van der Waals surface area contributed by atoms with Gasteiger partial charge in [-0.15, -0.1) is 0 Å². The Balaban J connectivity index is 1.94. The molecule has 0 aromatic rings. The van der Waals surface area contributed by atoms with Gasteiger partial charge < -0.3 is 24.1 Å². The molecule has 0 bridgehead atoms. The highest BCUT2D eigenvalue weighted by Gasteiger charge is 2.42. The molecule has 1 N–H and O–H groups in total. The summed E-state index contributed by atoms with van der Waals surface area (Å²) < 4.78 is 22.7. The number of aliphatic hydroxyl groups excluding tert-OH is 1. The molecule has 2 fully saturated rings. The molecule has 1 saturated carbocycles. The van der Waals surface area contributed by atoms with Crippen molar-refractivity contribution in [2.24, 2.45) is 23.7 Å². The van der Waals surface area contributed by atoms with Gasteiger partial charge in [0.1, 0.15) is 6.10 Å². The van der Waals surface area contributed by atoms with E-state index in [0.29, 0.717) is 17.8 Å². The summed E-state index contributed by atoms with van der Waals surface area (Å²) in [5.41, 5.74) is 1.11. The van der Waals surface area contributed by atoms with E-state index in [1.807, 2.05) is 0 Å². The SMILES string of the molecule is CC[C@H](OC)[C@@H](C)[C@H]1CC[C@@H]1[C@H](O)[C@@H](C)/C=C/C=C(\C)[C@H]1O[C@H](OC)CC[C@@H]1OC. The quantitative estimate of drug-likeness (QED) is 0.486. The second-order valence-electron chi connectivity index (χ2n) is 9.17. The Bertz CT molecular complexity index is 556. The van der Waals surface area contributed by atoms with Crippen molar-refractivity contribution >= 4 is 0 Å². The zero-order valence-corrected chi connectivity index (χ0v) is 20.0. The van der Waals surface area contributed by atoms with Crippen molar-refractivity contribution in [1.29, 1.82) is 0 Å². The van der Waals surface area contributed by atoms with Gasteiger partial charge in [0.05, 0.1) is 18.3 Å². The highest BCUT2D eigenvalue weighted by atomic mass is 16.7. The number of rotatable bonds is 11. The van der Waals surface area contributed by atoms with Gasteiger partial charge in [0, 0.05) is 33.7 Å². The lowest BCUT2D eigenvalue weighted by molar-refractivity contribution is -0.205. The van der Waals surface area contributed by atoms with Crippen molar-refractivity contribution in [2.75, 3.05) is 21.3 Å². The summed E-state index contributed by atoms with van der Waals surface area (Å²) in [4.78, 5) is 0. The molecule has 9 atom stereocenters. The first-order valence-corrected chi connectivity index (χ1v) is 11.6. The fraction of sp³-hybridized carbons (Fsp3) is 0.840. The van der Waals surface area contributed by atoms with Crippen LogP contribution in [0.25, 0.3) is 0 Å². The summed E-state index contributed by atoms with van der Waals surface area (Å²) in [5, 5.41) is 11.0. The van der Waals surface area contributed by atoms with Crippen molar-refractivity contribution in [1.82, 2.24) is 0 Å². The lowest BCUT2D eigenvalue weighted by Crippen LogP contribution is -2.45. The maximum atomic E-state index is 11.0. The van der Waals surface area contributed by atoms with Crippen LogP contribution in [-0.2, 0) is 18.9 Å². The van der Waals surface area contributed by atoms with Crippen LogP contribution in [0.2, 0.25) is 0 Å². The van der Waals surface area contributed by atoms with Crippen molar-refractivity contribution in [3.05, 3.63) is 23.8 Å². The van der Waals surface area contributed by atoms with Gasteiger partial charge in [-0.1, -0.05) is 39.0 Å². The molecule has 5 nitrogen and oxygen atoms in total. The van der Waals surface area contributed by atoms with Crippen LogP contribution >= 0.6 is 0 Å². The Morgan fingerprint density at radius 2 is 1.77 bits per heavy atom. The van der Waals surface area contributed by atoms with Crippen LogP contribution in [0, 0.1) is 23.7 Å². The van der Waals surface area contributed by atoms with Gasteiger partial charge in [-0.3, -0.25) is 0 Å². The standard InChI is InChI=1S/C25H44O5/c1-8-21(27-5)18(4)19-12-13-20(19)24(26)16(2)10-9-11-17(3)25-22(28-6)14-15-23(29-7)30-25/h9-11,16,18-26H,8,12-15H2,1-7H3/b10-9+,17-11+/t16-,18-,19+,20-,21-,22-,23-,24+,25+/m0/s1. The Morgan fingerprint density at radius 1 is 1.07 bits per heavy atom. The summed E-state index contributed by atoms with van der Waals surface area (Å²) in [5.74, 6) is 1.49. The third kappa shape index (κ3) is 6.17. The first kappa shape index (κ1) is 25.5. The van der Waals surface area contributed by atoms with Crippen LogP contribution in [0.1, 0.15) is 59.8 Å². The second kappa shape index (κ2) is 12.4. The van der Waals surface area contributed by atoms with Crippen LogP contribution in [-0.4, -0.2) is 57.1 Å². The molecule has 0 spiro atoms. The summed E-state index contributed by atoms with van der Waals surface area (Å²) in [6, 6.07) is 0. The zero-order chi connectivity index (χ0) is 22.3. The Kier molecular flexibility index (Phi) is 10.5. The largest absolute Gasteiger partial charge is 0.392 e. The van der Waals surface area contributed by atoms with E-state index in [4.69, 9.17) is 18.9 Å². The first-order chi connectivity index (χ1) is 14.4. The molecule has 5 heteroatoms. The van der Waals surface area contributed by atoms with Gasteiger partial charge in [0.15, 0.2) is 6.29 Å². The summed E-state index contributed by atoms with van der Waals surface area (Å²) in [7, 11) is 5.22. The van der Waals surface area contributed by atoms with Gasteiger partial charge in [-0.05, 0) is 55.9 Å². The fourth-order valence-corrected chi connectivity index (χ4v) is 5.22. The van der Waals surface area contributed by atoms with Crippen LogP contribution < -0.4 is 0 Å². The van der Waals surface area contributed by atoms with E-state index in [2.05, 4.69) is 45.9 Å². The molecule has 30 heavy (non-hydrogen) atoms. The lowest BCUT2D eigenvalue weighted by Gasteiger charge is -2.46. The maximum absolute atomic E-state index is 11.0. The third-order valence-corrected chi connectivity index (χ3v) is 7.44. The molecule has 0 radical (unpaired) electrons. The summed E-state index contributed by atoms with van der Waals surface area (Å²) >= 11 is 0. The lowest BCUT2D eigenvalue weighted by atomic mass is 9.62. The molecule has 0 amide bonds. The van der Waals surface area contributed by atoms with Crippen molar-refractivity contribution in [3.63, 3.8) is 0 Å². The van der Waals surface area contributed by atoms with E-state index in [9.17, 15) is 5.11 Å². The van der Waals surface area contributed by atoms with Crippen molar-refractivity contribution in [2.45, 2.75) is 90.5 Å². The molecule has 1 aliphatic carbocycles. The monoisotopic (exact) mass is 424 g/mol. The number of hydrogen-bond donors (Lipinski definition) is 1. The van der Waals surface area contributed by atoms with Gasteiger partial charge in [-0.25, -0.2) is 0 Å². The first-order valence-electron chi connectivity index (χ1n) is 11.6. The average molecular weight is 425 g/mol. The Labute approximate surface area is 183 Å². The number of methoxy groups -OCH3 is 3. The van der Waals surface area contributed by atoms with E-state index in [1.54, 1.807) is 21.3 Å². The van der Waals surface area contributed by atoms with Crippen LogP contribution in [0.3, 0.4) is 0 Å². The van der Waals surface area contributed by atoms with Gasteiger partial charge in [0.25, 0.3) is 0 Å². The highest BCUT2D eigenvalue weighted by molar-refractivity contribution is 5.17. The minimum absolute atomic E-state index is 0.0496. The molecule has 2 rings (SSSR count). The Morgan fingerprint density at radius 3 is 2.30 bits per heavy atom. The predicted octanol–water partition coefficient (Wildman–Crippen LogP) is 4.74. The number of hydrogen-bond acceptors (Lipinski definition) is 5. The summed E-state index contributed by atoms with van der Waals surface area (Å²) in [6.45, 7) is 8.62. The van der Waals surface area contributed by atoms with Crippen molar-refractivity contribution in [3.8, 4) is 0 Å². The number of ether oxygens (including phenoxy) is 4. The molecule has 1 saturated heterocycles. The minimum atomic E-state index is -0.318. The molecule has 174 valence electrons. The van der Waals surface area contributed by atoms with E-state index < -0.39 is 0 Å². The van der Waals surface area contributed by atoms with Crippen LogP contribution in [0.15, 0.2) is 23.8 Å². The number of allylic oxidation sites excluding steroid dienone is 2. The molecule has 0 unspecified atom stereocenters. The smallest absolute Gasteiger partial charge is 0.158 e. The van der Waals surface area contributed by atoms with Crippen molar-refractivity contribution < 1.29 is 24.1 Å². The fourth-order valence-electron chi connectivity index (χ4n) is 5.22. The van der Waals surface area contributed by atoms with Crippen LogP contribution in [0.5, 0.6) is 0 Å². The zero-order valence-electron chi connectivity index (χ0n) is 20.0. The molecule has 0 aromatic carbocycles. The third-order valence-electron chi connectivity index (χ3n) is 7.44. The predicted molar refractivity (Wildman–Crippen MR) is 120 cm³/mol. The topological polar surface area (TPSA) is 57.2 Å². The minimum Gasteiger partial charge on any atom is -0.392 e. The number of aliphatic hydroxyl groups is 1. The van der Waals surface area contributed by atoms with E-state index >= 15 is 0 Å². The molecule has 0 aromatic heterocycles. The normalized spacial score (nSPS) is 34.4. The maximum Gasteiger partial charge on any atom is 0.158 e. The highest BCUT2D eigenvalue weighted by Crippen LogP contribution is 2.45.